The van der Waals surface area contributed by atoms with Crippen molar-refractivity contribution in [3.05, 3.63) is 24.3 Å². The molecule has 7 nitrogen and oxygen atoms in total. The molecular formula is C14H15N3O4. The van der Waals surface area contributed by atoms with Crippen LogP contribution < -0.4 is 15.5 Å². The molecule has 3 amide bonds. The minimum atomic E-state index is -1.28. The van der Waals surface area contributed by atoms with Gasteiger partial charge < -0.3 is 15.7 Å². The standard InChI is InChI=1S/C14H15N3O4/c18-11(14(4-5-14)12(19)20)16-9-2-1-3-10(8-9)17-7-6-15-13(17)21/h1-3,8H,4-7H2,(H,15,21)(H,16,18)(H,19,20). The van der Waals surface area contributed by atoms with Gasteiger partial charge in [0, 0.05) is 24.5 Å². The lowest BCUT2D eigenvalue weighted by Gasteiger charge is -2.16. The first-order chi connectivity index (χ1) is 10.0. The second kappa shape index (κ2) is 4.76. The Balaban J connectivity index is 1.76. The first-order valence-electron chi connectivity index (χ1n) is 6.73. The monoisotopic (exact) mass is 289 g/mol. The van der Waals surface area contributed by atoms with Crippen molar-refractivity contribution in [1.29, 1.82) is 0 Å². The number of nitrogens with one attached hydrogen (secondary N) is 2. The van der Waals surface area contributed by atoms with Crippen molar-refractivity contribution in [3.63, 3.8) is 0 Å². The van der Waals surface area contributed by atoms with Gasteiger partial charge in [0.1, 0.15) is 5.41 Å². The number of nitrogens with zero attached hydrogens (tertiary/aromatic N) is 1. The molecule has 0 aromatic heterocycles. The number of benzene rings is 1. The van der Waals surface area contributed by atoms with Crippen LogP contribution in [0.25, 0.3) is 0 Å². The maximum atomic E-state index is 12.1. The SMILES string of the molecule is O=C1NCCN1c1cccc(NC(=O)C2(C(=O)O)CC2)c1. The zero-order valence-corrected chi connectivity index (χ0v) is 11.3. The van der Waals surface area contributed by atoms with Gasteiger partial charge in [0.05, 0.1) is 0 Å². The summed E-state index contributed by atoms with van der Waals surface area (Å²) in [6.07, 6.45) is 0.727. The third-order valence-corrected chi connectivity index (χ3v) is 3.87. The van der Waals surface area contributed by atoms with Gasteiger partial charge >= 0.3 is 12.0 Å². The topological polar surface area (TPSA) is 98.7 Å². The van der Waals surface area contributed by atoms with E-state index in [0.29, 0.717) is 37.3 Å². The van der Waals surface area contributed by atoms with Crippen molar-refractivity contribution in [3.8, 4) is 0 Å². The number of hydrogen-bond donors (Lipinski definition) is 3. The van der Waals surface area contributed by atoms with E-state index in [1.807, 2.05) is 0 Å². The predicted octanol–water partition coefficient (Wildman–Crippen LogP) is 1.02. The summed E-state index contributed by atoms with van der Waals surface area (Å²) < 4.78 is 0. The van der Waals surface area contributed by atoms with E-state index >= 15 is 0 Å². The summed E-state index contributed by atoms with van der Waals surface area (Å²) in [5.74, 6) is -1.59. The Morgan fingerprint density at radius 1 is 1.33 bits per heavy atom. The lowest BCUT2D eigenvalue weighted by molar-refractivity contribution is -0.147. The zero-order chi connectivity index (χ0) is 15.0. The highest BCUT2D eigenvalue weighted by molar-refractivity contribution is 6.11. The number of urea groups is 1. The molecule has 1 aromatic rings. The van der Waals surface area contributed by atoms with Crippen molar-refractivity contribution in [2.75, 3.05) is 23.3 Å². The third kappa shape index (κ3) is 2.31. The Morgan fingerprint density at radius 2 is 2.10 bits per heavy atom. The number of carbonyl (C=O) groups is 3. The van der Waals surface area contributed by atoms with Gasteiger partial charge in [0.2, 0.25) is 5.91 Å². The predicted molar refractivity (Wildman–Crippen MR) is 75.1 cm³/mol. The molecule has 1 aliphatic heterocycles. The Labute approximate surface area is 120 Å². The molecule has 1 aliphatic carbocycles. The largest absolute Gasteiger partial charge is 0.480 e. The van der Waals surface area contributed by atoms with Crippen LogP contribution in [0.15, 0.2) is 24.3 Å². The minimum absolute atomic E-state index is 0.178. The first-order valence-corrected chi connectivity index (χ1v) is 6.73. The summed E-state index contributed by atoms with van der Waals surface area (Å²) in [6.45, 7) is 1.15. The molecule has 110 valence electrons. The van der Waals surface area contributed by atoms with Crippen molar-refractivity contribution >= 4 is 29.3 Å². The van der Waals surface area contributed by atoms with E-state index in [1.54, 1.807) is 29.2 Å². The van der Waals surface area contributed by atoms with E-state index in [1.165, 1.54) is 0 Å². The van der Waals surface area contributed by atoms with Crippen LogP contribution >= 0.6 is 0 Å². The lowest BCUT2D eigenvalue weighted by Crippen LogP contribution is -2.31. The van der Waals surface area contributed by atoms with Crippen LogP contribution in [0.3, 0.4) is 0 Å². The third-order valence-electron chi connectivity index (χ3n) is 3.87. The fraction of sp³-hybridized carbons (Fsp3) is 0.357. The average Bonchev–Trinajstić information content (AvgIpc) is 3.17. The highest BCUT2D eigenvalue weighted by atomic mass is 16.4. The van der Waals surface area contributed by atoms with E-state index in [0.717, 1.165) is 0 Å². The molecule has 0 bridgehead atoms. The molecule has 3 rings (SSSR count). The van der Waals surface area contributed by atoms with Gasteiger partial charge in [0.15, 0.2) is 0 Å². The van der Waals surface area contributed by atoms with Gasteiger partial charge in [-0.2, -0.15) is 0 Å². The van der Waals surface area contributed by atoms with Crippen LogP contribution in [0.5, 0.6) is 0 Å². The zero-order valence-electron chi connectivity index (χ0n) is 11.3. The quantitative estimate of drug-likeness (QED) is 0.721. The van der Waals surface area contributed by atoms with Crippen molar-refractivity contribution in [2.24, 2.45) is 5.41 Å². The summed E-state index contributed by atoms with van der Waals surface area (Å²) >= 11 is 0. The molecule has 7 heteroatoms. The molecule has 21 heavy (non-hydrogen) atoms. The Morgan fingerprint density at radius 3 is 2.67 bits per heavy atom. The van der Waals surface area contributed by atoms with E-state index in [4.69, 9.17) is 5.11 Å². The number of aliphatic carboxylic acids is 1. The van der Waals surface area contributed by atoms with Gasteiger partial charge in [-0.05, 0) is 31.0 Å². The number of carbonyl (C=O) groups excluding carboxylic acids is 2. The number of anilines is 2. The van der Waals surface area contributed by atoms with Crippen LogP contribution in [0.1, 0.15) is 12.8 Å². The fourth-order valence-corrected chi connectivity index (χ4v) is 2.38. The second-order valence-electron chi connectivity index (χ2n) is 5.28. The number of hydrogen-bond acceptors (Lipinski definition) is 3. The Bertz CT molecular complexity index is 624. The molecule has 0 spiro atoms. The molecule has 1 saturated carbocycles. The van der Waals surface area contributed by atoms with Crippen LogP contribution in [0.4, 0.5) is 16.2 Å². The summed E-state index contributed by atoms with van der Waals surface area (Å²) in [4.78, 5) is 36.3. The summed E-state index contributed by atoms with van der Waals surface area (Å²) in [7, 11) is 0. The lowest BCUT2D eigenvalue weighted by atomic mass is 10.1. The minimum Gasteiger partial charge on any atom is -0.480 e. The summed E-state index contributed by atoms with van der Waals surface area (Å²) in [6, 6.07) is 6.65. The highest BCUT2D eigenvalue weighted by Gasteiger charge is 2.57. The molecular weight excluding hydrogens is 274 g/mol. The molecule has 0 unspecified atom stereocenters. The van der Waals surface area contributed by atoms with E-state index in [-0.39, 0.29) is 6.03 Å². The van der Waals surface area contributed by atoms with E-state index in [2.05, 4.69) is 10.6 Å². The number of rotatable bonds is 4. The van der Waals surface area contributed by atoms with Crippen molar-refractivity contribution in [2.45, 2.75) is 12.8 Å². The van der Waals surface area contributed by atoms with Gasteiger partial charge in [-0.25, -0.2) is 4.79 Å². The number of amides is 3. The number of carboxylic acids is 1. The van der Waals surface area contributed by atoms with Gasteiger partial charge in [0.25, 0.3) is 0 Å². The fourth-order valence-electron chi connectivity index (χ4n) is 2.38. The van der Waals surface area contributed by atoms with E-state index in [9.17, 15) is 14.4 Å². The maximum absolute atomic E-state index is 12.1. The van der Waals surface area contributed by atoms with Crippen LogP contribution in [0, 0.1) is 5.41 Å². The summed E-state index contributed by atoms with van der Waals surface area (Å²) in [5, 5.41) is 14.4. The van der Waals surface area contributed by atoms with Gasteiger partial charge in [-0.3, -0.25) is 14.5 Å². The molecule has 0 radical (unpaired) electrons. The molecule has 1 heterocycles. The van der Waals surface area contributed by atoms with Gasteiger partial charge in [-0.1, -0.05) is 6.07 Å². The van der Waals surface area contributed by atoms with E-state index < -0.39 is 17.3 Å². The first kappa shape index (κ1) is 13.4. The molecule has 2 fully saturated rings. The van der Waals surface area contributed by atoms with Crippen molar-refractivity contribution < 1.29 is 19.5 Å². The molecule has 1 aromatic carbocycles. The average molecular weight is 289 g/mol. The molecule has 2 aliphatic rings. The highest BCUT2D eigenvalue weighted by Crippen LogP contribution is 2.46. The molecule has 0 atom stereocenters. The maximum Gasteiger partial charge on any atom is 0.321 e. The second-order valence-corrected chi connectivity index (χ2v) is 5.28. The van der Waals surface area contributed by atoms with Crippen LogP contribution in [-0.2, 0) is 9.59 Å². The Hall–Kier alpha value is -2.57. The van der Waals surface area contributed by atoms with Crippen LogP contribution in [-0.4, -0.2) is 36.1 Å². The number of carboxylic acid groups (broad SMARTS) is 1. The smallest absolute Gasteiger partial charge is 0.321 e. The van der Waals surface area contributed by atoms with Crippen LogP contribution in [0.2, 0.25) is 0 Å². The van der Waals surface area contributed by atoms with Crippen molar-refractivity contribution in [1.82, 2.24) is 5.32 Å². The normalized spacial score (nSPS) is 19.0. The molecule has 1 saturated heterocycles. The Kier molecular flexibility index (Phi) is 3.04. The summed E-state index contributed by atoms with van der Waals surface area (Å²) in [5.41, 5.74) is -0.117. The molecule has 3 N–H and O–H groups in total. The van der Waals surface area contributed by atoms with Gasteiger partial charge in [-0.15, -0.1) is 0 Å².